The van der Waals surface area contributed by atoms with Crippen LogP contribution >= 0.6 is 0 Å². The molecule has 1 fully saturated rings. The van der Waals surface area contributed by atoms with Gasteiger partial charge in [0.15, 0.2) is 0 Å². The molecule has 0 radical (unpaired) electrons. The zero-order valence-electron chi connectivity index (χ0n) is 17.1. The molecule has 0 amide bonds. The lowest BCUT2D eigenvalue weighted by atomic mass is 10.0. The molecule has 1 heterocycles. The summed E-state index contributed by atoms with van der Waals surface area (Å²) in [5, 5.41) is 0. The Morgan fingerprint density at radius 3 is 2.31 bits per heavy atom. The Bertz CT molecular complexity index is 861. The number of aryl methyl sites for hydroxylation is 1. The van der Waals surface area contributed by atoms with E-state index < -0.39 is 10.0 Å². The normalized spacial score (nSPS) is 16.5. The van der Waals surface area contributed by atoms with Gasteiger partial charge in [0.25, 0.3) is 0 Å². The number of sulfonamides is 1. The van der Waals surface area contributed by atoms with E-state index in [0.717, 1.165) is 42.8 Å². The highest BCUT2D eigenvalue weighted by atomic mass is 32.2. The minimum absolute atomic E-state index is 0.0704. The van der Waals surface area contributed by atoms with E-state index >= 15 is 0 Å². The summed E-state index contributed by atoms with van der Waals surface area (Å²) in [7, 11) is -1.95. The van der Waals surface area contributed by atoms with Gasteiger partial charge < -0.3 is 9.47 Å². The van der Waals surface area contributed by atoms with Crippen molar-refractivity contribution in [1.29, 1.82) is 0 Å². The quantitative estimate of drug-likeness (QED) is 0.678. The number of nitrogens with zero attached hydrogens (tertiary/aromatic N) is 1. The van der Waals surface area contributed by atoms with Crippen LogP contribution in [-0.4, -0.2) is 53.3 Å². The SMILES string of the molecule is CCCc1ccc(S(=O)(=O)NCC(c2ccc(OC)cc2)N2CCOCC2)cc1. The Balaban J connectivity index is 1.75. The molecule has 1 aliphatic heterocycles. The van der Waals surface area contributed by atoms with E-state index in [2.05, 4.69) is 16.5 Å². The van der Waals surface area contributed by atoms with E-state index in [1.54, 1.807) is 19.2 Å². The molecule has 1 saturated heterocycles. The molecule has 3 rings (SSSR count). The second kappa shape index (κ2) is 10.2. The van der Waals surface area contributed by atoms with Crippen molar-refractivity contribution < 1.29 is 17.9 Å². The predicted molar refractivity (Wildman–Crippen MR) is 114 cm³/mol. The molecule has 0 saturated carbocycles. The van der Waals surface area contributed by atoms with Gasteiger partial charge in [0.05, 0.1) is 25.2 Å². The van der Waals surface area contributed by atoms with Gasteiger partial charge in [-0.05, 0) is 41.8 Å². The van der Waals surface area contributed by atoms with Crippen molar-refractivity contribution in [1.82, 2.24) is 9.62 Å². The van der Waals surface area contributed by atoms with Gasteiger partial charge in [-0.15, -0.1) is 0 Å². The number of rotatable bonds is 9. The summed E-state index contributed by atoms with van der Waals surface area (Å²) < 4.78 is 39.2. The Labute approximate surface area is 173 Å². The first kappa shape index (κ1) is 21.8. The molecule has 6 nitrogen and oxygen atoms in total. The van der Waals surface area contributed by atoms with Crippen LogP contribution in [0.25, 0.3) is 0 Å². The van der Waals surface area contributed by atoms with Crippen LogP contribution in [0.4, 0.5) is 0 Å². The molecule has 0 bridgehead atoms. The van der Waals surface area contributed by atoms with Gasteiger partial charge in [-0.1, -0.05) is 37.6 Å². The molecule has 0 aliphatic carbocycles. The number of morpholine rings is 1. The molecule has 158 valence electrons. The van der Waals surface area contributed by atoms with Crippen molar-refractivity contribution in [2.24, 2.45) is 0 Å². The van der Waals surface area contributed by atoms with Crippen molar-refractivity contribution in [3.05, 3.63) is 59.7 Å². The average molecular weight is 419 g/mol. The van der Waals surface area contributed by atoms with E-state index in [1.807, 2.05) is 36.4 Å². The van der Waals surface area contributed by atoms with Gasteiger partial charge in [-0.25, -0.2) is 13.1 Å². The molecule has 1 aliphatic rings. The summed E-state index contributed by atoms with van der Waals surface area (Å²) in [6, 6.07) is 14.9. The molecule has 1 N–H and O–H groups in total. The fraction of sp³-hybridized carbons (Fsp3) is 0.455. The summed E-state index contributed by atoms with van der Waals surface area (Å²) in [4.78, 5) is 2.56. The average Bonchev–Trinajstić information content (AvgIpc) is 2.76. The Hall–Kier alpha value is -1.93. The fourth-order valence-corrected chi connectivity index (χ4v) is 4.61. The third-order valence-electron chi connectivity index (χ3n) is 5.23. The first-order valence-electron chi connectivity index (χ1n) is 10.1. The number of hydrogen-bond donors (Lipinski definition) is 1. The zero-order chi connectivity index (χ0) is 20.7. The largest absolute Gasteiger partial charge is 0.497 e. The van der Waals surface area contributed by atoms with Gasteiger partial charge >= 0.3 is 0 Å². The molecule has 2 aromatic carbocycles. The maximum Gasteiger partial charge on any atom is 0.240 e. The van der Waals surface area contributed by atoms with E-state index in [0.29, 0.717) is 24.7 Å². The second-order valence-electron chi connectivity index (χ2n) is 7.18. The maximum absolute atomic E-state index is 12.8. The van der Waals surface area contributed by atoms with E-state index in [-0.39, 0.29) is 6.04 Å². The van der Waals surface area contributed by atoms with Crippen molar-refractivity contribution >= 4 is 10.0 Å². The first-order valence-corrected chi connectivity index (χ1v) is 11.6. The fourth-order valence-electron chi connectivity index (χ4n) is 3.57. The number of methoxy groups -OCH3 is 1. The van der Waals surface area contributed by atoms with Crippen molar-refractivity contribution in [3.8, 4) is 5.75 Å². The van der Waals surface area contributed by atoms with Gasteiger partial charge in [-0.3, -0.25) is 4.90 Å². The highest BCUT2D eigenvalue weighted by molar-refractivity contribution is 7.89. The summed E-state index contributed by atoms with van der Waals surface area (Å²) in [6.07, 6.45) is 1.98. The highest BCUT2D eigenvalue weighted by Crippen LogP contribution is 2.24. The van der Waals surface area contributed by atoms with Crippen molar-refractivity contribution in [2.45, 2.75) is 30.7 Å². The molecule has 0 spiro atoms. The lowest BCUT2D eigenvalue weighted by molar-refractivity contribution is 0.0172. The van der Waals surface area contributed by atoms with E-state index in [4.69, 9.17) is 9.47 Å². The molecule has 29 heavy (non-hydrogen) atoms. The topological polar surface area (TPSA) is 67.9 Å². The molecule has 0 aromatic heterocycles. The molecule has 1 atom stereocenters. The molecule has 2 aromatic rings. The Morgan fingerprint density at radius 1 is 1.07 bits per heavy atom. The number of hydrogen-bond acceptors (Lipinski definition) is 5. The van der Waals surface area contributed by atoms with Crippen molar-refractivity contribution in [2.75, 3.05) is 40.0 Å². The smallest absolute Gasteiger partial charge is 0.240 e. The standard InChI is InChI=1S/C22H30N2O4S/c1-3-4-18-5-11-21(12-6-18)29(25,26)23-17-22(24-13-15-28-16-14-24)19-7-9-20(27-2)10-8-19/h5-12,22-23H,3-4,13-17H2,1-2H3. The summed E-state index contributed by atoms with van der Waals surface area (Å²) in [6.45, 7) is 5.24. The minimum atomic E-state index is -3.58. The van der Waals surface area contributed by atoms with Crippen LogP contribution in [-0.2, 0) is 21.2 Å². The summed E-state index contributed by atoms with van der Waals surface area (Å²) in [5.41, 5.74) is 2.20. The van der Waals surface area contributed by atoms with Crippen molar-refractivity contribution in [3.63, 3.8) is 0 Å². The highest BCUT2D eigenvalue weighted by Gasteiger charge is 2.25. The number of benzene rings is 2. The van der Waals surface area contributed by atoms with Crippen LogP contribution in [0.15, 0.2) is 53.4 Å². The number of nitrogens with one attached hydrogen (secondary N) is 1. The Morgan fingerprint density at radius 2 is 1.72 bits per heavy atom. The second-order valence-corrected chi connectivity index (χ2v) is 8.95. The lowest BCUT2D eigenvalue weighted by Crippen LogP contribution is -2.43. The Kier molecular flexibility index (Phi) is 7.66. The van der Waals surface area contributed by atoms with Crippen LogP contribution in [0.5, 0.6) is 5.75 Å². The summed E-state index contributed by atoms with van der Waals surface area (Å²) in [5.74, 6) is 0.780. The van der Waals surface area contributed by atoms with Crippen LogP contribution < -0.4 is 9.46 Å². The zero-order valence-corrected chi connectivity index (χ0v) is 18.0. The van der Waals surface area contributed by atoms with Crippen LogP contribution in [0.3, 0.4) is 0 Å². The first-order chi connectivity index (χ1) is 14.0. The van der Waals surface area contributed by atoms with E-state index in [9.17, 15) is 8.42 Å². The maximum atomic E-state index is 12.8. The monoisotopic (exact) mass is 418 g/mol. The van der Waals surface area contributed by atoms with Gasteiger partial charge in [0, 0.05) is 25.7 Å². The van der Waals surface area contributed by atoms with Crippen LogP contribution in [0, 0.1) is 0 Å². The molecule has 7 heteroatoms. The van der Waals surface area contributed by atoms with Crippen LogP contribution in [0.1, 0.15) is 30.5 Å². The molecular formula is C22H30N2O4S. The summed E-state index contributed by atoms with van der Waals surface area (Å²) >= 11 is 0. The third kappa shape index (κ3) is 5.79. The molecular weight excluding hydrogens is 388 g/mol. The van der Waals surface area contributed by atoms with Gasteiger partial charge in [0.2, 0.25) is 10.0 Å². The van der Waals surface area contributed by atoms with Crippen LogP contribution in [0.2, 0.25) is 0 Å². The number of ether oxygens (including phenoxy) is 2. The van der Waals surface area contributed by atoms with E-state index in [1.165, 1.54) is 0 Å². The van der Waals surface area contributed by atoms with Gasteiger partial charge in [-0.2, -0.15) is 0 Å². The lowest BCUT2D eigenvalue weighted by Gasteiger charge is -2.35. The minimum Gasteiger partial charge on any atom is -0.497 e. The predicted octanol–water partition coefficient (Wildman–Crippen LogP) is 3.00. The third-order valence-corrected chi connectivity index (χ3v) is 6.67. The van der Waals surface area contributed by atoms with Gasteiger partial charge in [0.1, 0.15) is 5.75 Å². The molecule has 1 unspecified atom stereocenters.